The molecule has 0 spiro atoms. The van der Waals surface area contributed by atoms with E-state index in [9.17, 15) is 19.5 Å². The van der Waals surface area contributed by atoms with Crippen molar-refractivity contribution in [1.29, 1.82) is 0 Å². The van der Waals surface area contributed by atoms with E-state index in [-0.39, 0.29) is 18.9 Å². The average molecular weight is 458 g/mol. The van der Waals surface area contributed by atoms with Crippen molar-refractivity contribution < 1.29 is 33.7 Å². The van der Waals surface area contributed by atoms with Crippen LogP contribution in [-0.4, -0.2) is 41.9 Å². The number of esters is 1. The van der Waals surface area contributed by atoms with Crippen molar-refractivity contribution in [3.8, 4) is 5.75 Å². The normalized spacial score (nSPS) is 13.5. The highest BCUT2D eigenvalue weighted by Gasteiger charge is 2.40. The fraction of sp³-hybridized carbons (Fsp3) is 0.400. The third kappa shape index (κ3) is 7.82. The van der Waals surface area contributed by atoms with Gasteiger partial charge < -0.3 is 24.6 Å². The maximum atomic E-state index is 12.8. The Balaban J connectivity index is 2.00. The number of nitrogens with one attached hydrogen (secondary N) is 1. The number of carbonyl (C=O) groups is 3. The highest BCUT2D eigenvalue weighted by molar-refractivity contribution is 5.86. The van der Waals surface area contributed by atoms with Crippen molar-refractivity contribution in [2.45, 2.75) is 51.9 Å². The number of ether oxygens (including phenoxy) is 3. The van der Waals surface area contributed by atoms with E-state index >= 15 is 0 Å². The first-order valence-corrected chi connectivity index (χ1v) is 10.7. The zero-order chi connectivity index (χ0) is 24.4. The van der Waals surface area contributed by atoms with Crippen molar-refractivity contribution in [3.05, 3.63) is 65.7 Å². The van der Waals surface area contributed by atoms with Gasteiger partial charge >= 0.3 is 18.0 Å². The Morgan fingerprint density at radius 3 is 2.18 bits per heavy atom. The van der Waals surface area contributed by atoms with Gasteiger partial charge in [0.15, 0.2) is 0 Å². The number of alkyl carbamates (subject to hydrolysis) is 1. The second-order valence-electron chi connectivity index (χ2n) is 8.23. The summed E-state index contributed by atoms with van der Waals surface area (Å²) in [7, 11) is 1.56. The van der Waals surface area contributed by atoms with Crippen molar-refractivity contribution in [1.82, 2.24) is 5.32 Å². The molecule has 0 aliphatic carbocycles. The van der Waals surface area contributed by atoms with Gasteiger partial charge in [0.25, 0.3) is 0 Å². The lowest BCUT2D eigenvalue weighted by Gasteiger charge is -2.29. The topological polar surface area (TPSA) is 111 Å². The Labute approximate surface area is 193 Å². The summed E-state index contributed by atoms with van der Waals surface area (Å²) in [5.74, 6) is -1.75. The van der Waals surface area contributed by atoms with E-state index in [0.717, 1.165) is 11.1 Å². The van der Waals surface area contributed by atoms with Crippen LogP contribution >= 0.6 is 0 Å². The molecule has 8 nitrogen and oxygen atoms in total. The van der Waals surface area contributed by atoms with E-state index < -0.39 is 29.7 Å². The molecule has 0 aliphatic heterocycles. The van der Waals surface area contributed by atoms with E-state index in [4.69, 9.17) is 14.2 Å². The van der Waals surface area contributed by atoms with Crippen molar-refractivity contribution in [3.63, 3.8) is 0 Å². The largest absolute Gasteiger partial charge is 0.497 e. The lowest BCUT2D eigenvalue weighted by molar-refractivity contribution is -0.179. The number of benzene rings is 2. The summed E-state index contributed by atoms with van der Waals surface area (Å²) in [6.45, 7) is 4.83. The molecule has 8 heteroatoms. The Bertz CT molecular complexity index is 928. The molecule has 0 saturated carbocycles. The van der Waals surface area contributed by atoms with Gasteiger partial charge in [-0.15, -0.1) is 0 Å². The molecule has 0 aromatic heterocycles. The van der Waals surface area contributed by atoms with Crippen LogP contribution in [0.1, 0.15) is 38.3 Å². The number of amides is 1. The van der Waals surface area contributed by atoms with Crippen molar-refractivity contribution in [2.75, 3.05) is 7.11 Å². The molecule has 1 unspecified atom stereocenters. The number of aryl methyl sites for hydroxylation is 1. The summed E-state index contributed by atoms with van der Waals surface area (Å²) in [4.78, 5) is 37.0. The summed E-state index contributed by atoms with van der Waals surface area (Å²) in [6, 6.07) is 15.3. The minimum absolute atomic E-state index is 0.0429. The minimum Gasteiger partial charge on any atom is -0.497 e. The number of carboxylic acid groups (broad SMARTS) is 1. The van der Waals surface area contributed by atoms with Gasteiger partial charge in [0.05, 0.1) is 7.11 Å². The second kappa shape index (κ2) is 11.9. The van der Waals surface area contributed by atoms with E-state index in [1.54, 1.807) is 33.1 Å². The first kappa shape index (κ1) is 25.7. The molecule has 2 rings (SSSR count). The van der Waals surface area contributed by atoms with Crippen LogP contribution in [0.15, 0.2) is 54.6 Å². The van der Waals surface area contributed by atoms with E-state index in [1.165, 1.54) is 6.92 Å². The van der Waals surface area contributed by atoms with E-state index in [0.29, 0.717) is 12.2 Å². The number of rotatable bonds is 11. The van der Waals surface area contributed by atoms with E-state index in [2.05, 4.69) is 5.32 Å². The maximum Gasteiger partial charge on any atom is 0.408 e. The fourth-order valence-electron chi connectivity index (χ4n) is 3.05. The van der Waals surface area contributed by atoms with Crippen LogP contribution in [0.2, 0.25) is 0 Å². The summed E-state index contributed by atoms with van der Waals surface area (Å²) < 4.78 is 15.7. The lowest BCUT2D eigenvalue weighted by Crippen LogP contribution is -2.50. The summed E-state index contributed by atoms with van der Waals surface area (Å²) >= 11 is 0. The van der Waals surface area contributed by atoms with Gasteiger partial charge in [0, 0.05) is 6.42 Å². The summed E-state index contributed by atoms with van der Waals surface area (Å²) in [6.07, 6.45) is -0.354. The number of carbonyl (C=O) groups excluding carboxylic acids is 2. The van der Waals surface area contributed by atoms with Gasteiger partial charge in [0.1, 0.15) is 18.4 Å². The highest BCUT2D eigenvalue weighted by atomic mass is 16.6. The van der Waals surface area contributed by atoms with Gasteiger partial charge in [-0.3, -0.25) is 0 Å². The molecule has 1 amide bonds. The van der Waals surface area contributed by atoms with Gasteiger partial charge in [-0.2, -0.15) is 0 Å². The van der Waals surface area contributed by atoms with Gasteiger partial charge in [-0.25, -0.2) is 14.4 Å². The predicted molar refractivity (Wildman–Crippen MR) is 122 cm³/mol. The molecule has 0 heterocycles. The third-order valence-corrected chi connectivity index (χ3v) is 5.23. The molecule has 0 aliphatic rings. The van der Waals surface area contributed by atoms with Gasteiger partial charge in [0.2, 0.25) is 5.60 Å². The van der Waals surface area contributed by atoms with Crippen molar-refractivity contribution in [2.24, 2.45) is 5.92 Å². The molecule has 2 aromatic rings. The zero-order valence-corrected chi connectivity index (χ0v) is 19.4. The smallest absolute Gasteiger partial charge is 0.408 e. The monoisotopic (exact) mass is 457 g/mol. The van der Waals surface area contributed by atoms with Crippen LogP contribution in [0.5, 0.6) is 5.75 Å². The second-order valence-corrected chi connectivity index (χ2v) is 8.23. The van der Waals surface area contributed by atoms with Crippen LogP contribution < -0.4 is 10.1 Å². The molecule has 0 radical (unpaired) electrons. The number of carboxylic acids is 1. The highest BCUT2D eigenvalue weighted by Crippen LogP contribution is 2.22. The fourth-order valence-corrected chi connectivity index (χ4v) is 3.05. The van der Waals surface area contributed by atoms with Gasteiger partial charge in [-0.05, 0) is 42.5 Å². The molecular formula is C25H31NO7. The standard InChI is InChI=1S/C25H31NO7/c1-17(2)21(26-24(30)32-16-19-8-6-5-7-9-19)22(27)33-25(3,23(28)29)15-14-18-10-12-20(31-4)13-11-18/h5-13,17,21H,14-16H2,1-4H3,(H,26,30)(H,28,29)/t21-,25?/m0/s1. The molecule has 2 N–H and O–H groups in total. The number of methoxy groups -OCH3 is 1. The van der Waals surface area contributed by atoms with Crippen LogP contribution in [0.3, 0.4) is 0 Å². The zero-order valence-electron chi connectivity index (χ0n) is 19.4. The molecule has 2 aromatic carbocycles. The SMILES string of the molecule is COc1ccc(CCC(C)(OC(=O)[C@@H](NC(=O)OCc2ccccc2)C(C)C)C(=O)O)cc1. The quantitative estimate of drug-likeness (QED) is 0.491. The van der Waals surface area contributed by atoms with Crippen LogP contribution in [-0.2, 0) is 32.1 Å². The minimum atomic E-state index is -1.76. The number of hydrogen-bond acceptors (Lipinski definition) is 6. The first-order chi connectivity index (χ1) is 15.6. The van der Waals surface area contributed by atoms with Crippen LogP contribution in [0.25, 0.3) is 0 Å². The molecule has 0 fully saturated rings. The van der Waals surface area contributed by atoms with E-state index in [1.807, 2.05) is 42.5 Å². The third-order valence-electron chi connectivity index (χ3n) is 5.23. The summed E-state index contributed by atoms with van der Waals surface area (Å²) in [5, 5.41) is 12.2. The Morgan fingerprint density at radius 2 is 1.64 bits per heavy atom. The molecule has 0 saturated heterocycles. The summed E-state index contributed by atoms with van der Waals surface area (Å²) in [5.41, 5.74) is -0.0876. The molecule has 178 valence electrons. The van der Waals surface area contributed by atoms with Crippen molar-refractivity contribution >= 4 is 18.0 Å². The predicted octanol–water partition coefficient (Wildman–Crippen LogP) is 3.97. The molecular weight excluding hydrogens is 426 g/mol. The maximum absolute atomic E-state index is 12.8. The Hall–Kier alpha value is -3.55. The molecule has 2 atom stereocenters. The Kier molecular flexibility index (Phi) is 9.27. The van der Waals surface area contributed by atoms with Crippen LogP contribution in [0, 0.1) is 5.92 Å². The first-order valence-electron chi connectivity index (χ1n) is 10.7. The average Bonchev–Trinajstić information content (AvgIpc) is 2.80. The van der Waals surface area contributed by atoms with Crippen LogP contribution in [0.4, 0.5) is 4.79 Å². The Morgan fingerprint density at radius 1 is 1.00 bits per heavy atom. The number of hydrogen-bond donors (Lipinski definition) is 2. The van der Waals surface area contributed by atoms with Gasteiger partial charge in [-0.1, -0.05) is 56.3 Å². The molecule has 0 bridgehead atoms. The number of aliphatic carboxylic acids is 1. The molecule has 33 heavy (non-hydrogen) atoms. The lowest BCUT2D eigenvalue weighted by atomic mass is 9.96.